The van der Waals surface area contributed by atoms with Crippen LogP contribution in [0.15, 0.2) is 491 Å². The van der Waals surface area contributed by atoms with Gasteiger partial charge in [-0.2, -0.15) is 0 Å². The van der Waals surface area contributed by atoms with E-state index >= 15 is 0 Å². The summed E-state index contributed by atoms with van der Waals surface area (Å²) < 4.78 is 7.27. The Morgan fingerprint density at radius 2 is 0.376 bits per heavy atom. The fraction of sp³-hybridized carbons (Fsp3) is 0. The minimum atomic E-state index is 0.700. The van der Waals surface area contributed by atoms with Crippen molar-refractivity contribution in [2.24, 2.45) is 0 Å². The van der Waals surface area contributed by atoms with E-state index in [4.69, 9.17) is 29.9 Å². The van der Waals surface area contributed by atoms with Crippen molar-refractivity contribution in [3.05, 3.63) is 491 Å². The van der Waals surface area contributed by atoms with Crippen LogP contribution in [0.5, 0.6) is 0 Å². The zero-order chi connectivity index (χ0) is 92.7. The van der Waals surface area contributed by atoms with Gasteiger partial charge >= 0.3 is 0 Å². The highest BCUT2D eigenvalue weighted by Crippen LogP contribution is 2.55. The van der Waals surface area contributed by atoms with E-state index in [9.17, 15) is 0 Å². The SMILES string of the molecule is c1ccc(-c2cc(-c3ccc(-n4c5cccc6c5c5c7c(cccc7ccc54)-c4ccccc4-6)cc3)nc(-c3ccccc3)n2)cc1.c1ccc(-c2cc(-c3ccccc3)nc(-c3cccc(-n4c5cccc6c5c5c7c(cccc7ccc54)-c4ccccc4-6)c3)n2)cc1.c1ccc(-c2cc(-c3ccccc3)nc(-c3ccccc3-n3c4cccc5c4c4c6c(cccc6ccc43)-c3ccccc3-5)n2)cc1. The van der Waals surface area contributed by atoms with Crippen LogP contribution in [0.2, 0.25) is 0 Å². The maximum absolute atomic E-state index is 5.23. The standard InChI is InChI=1S/3C44H27N3/c1-3-12-28(13-4-1)37-27-38(29-14-5-2-6-15-29)46-44(45-37)31-17-9-18-32(26-31)47-39-23-11-22-36-34-20-8-7-19-33(34)35-21-10-16-30-24-25-40(47)43(41(30)35)42(36)39;1-3-11-28(12-4-1)37-27-38(46-44(45-37)31-13-5-2-6-14-31)29-21-24-32(25-22-29)47-39-20-10-19-36-34-17-8-7-16-33(34)35-18-9-15-30-23-26-40(47)43(41(30)35)42(36)39;1-3-13-28(14-4-1)36-27-37(29-15-5-2-6-16-29)46-44(45-36)35-20-9-10-23-38(35)47-39-24-12-22-34-32-19-8-7-18-31(32)33-21-11-17-30-25-26-40(47)43(41(30)33)42(34)39/h3*1-27H. The molecule has 0 saturated heterocycles. The summed E-state index contributed by atoms with van der Waals surface area (Å²) >= 11 is 0. The van der Waals surface area contributed by atoms with E-state index in [2.05, 4.69) is 457 Å². The number of para-hydroxylation sites is 1. The van der Waals surface area contributed by atoms with Crippen molar-refractivity contribution in [2.45, 2.75) is 0 Å². The van der Waals surface area contributed by atoms with E-state index < -0.39 is 0 Å². The van der Waals surface area contributed by atoms with Crippen LogP contribution < -0.4 is 0 Å². The van der Waals surface area contributed by atoms with E-state index in [0.717, 1.165) is 107 Å². The van der Waals surface area contributed by atoms with Gasteiger partial charge in [0, 0.05) is 93.8 Å². The Labute approximate surface area is 812 Å². The second kappa shape index (κ2) is 33.0. The van der Waals surface area contributed by atoms with E-state index in [1.807, 2.05) is 48.5 Å². The first kappa shape index (κ1) is 80.5. The molecule has 0 radical (unpaired) electrons. The van der Waals surface area contributed by atoms with Gasteiger partial charge in [0.2, 0.25) is 0 Å². The minimum Gasteiger partial charge on any atom is -0.309 e. The van der Waals surface area contributed by atoms with Crippen molar-refractivity contribution in [1.29, 1.82) is 0 Å². The molecule has 0 N–H and O–H groups in total. The molecule has 0 amide bonds. The zero-order valence-corrected chi connectivity index (χ0v) is 76.3. The Kier molecular flexibility index (Phi) is 18.8. The molecule has 9 heteroatoms. The lowest BCUT2D eigenvalue weighted by Crippen LogP contribution is -2.01. The highest BCUT2D eigenvalue weighted by Gasteiger charge is 2.31. The molecular formula is C132H81N9. The summed E-state index contributed by atoms with van der Waals surface area (Å²) in [5.74, 6) is 2.13. The van der Waals surface area contributed by atoms with Crippen LogP contribution in [-0.4, -0.2) is 43.6 Å². The smallest absolute Gasteiger partial charge is 0.162 e. The summed E-state index contributed by atoms with van der Waals surface area (Å²) in [6.45, 7) is 0. The fourth-order valence-electron chi connectivity index (χ4n) is 22.5. The van der Waals surface area contributed by atoms with Crippen molar-refractivity contribution < 1.29 is 0 Å². The third kappa shape index (κ3) is 13.2. The lowest BCUT2D eigenvalue weighted by molar-refractivity contribution is 1.14. The largest absolute Gasteiger partial charge is 0.309 e. The molecule has 0 spiro atoms. The predicted octanol–water partition coefficient (Wildman–Crippen LogP) is 34.1. The molecule has 27 aromatic rings. The van der Waals surface area contributed by atoms with Gasteiger partial charge in [-0.25, -0.2) is 29.9 Å². The Morgan fingerprint density at radius 1 is 0.128 bits per heavy atom. The molecule has 0 fully saturated rings. The third-order valence-electron chi connectivity index (χ3n) is 28.6. The molecule has 0 unspecified atom stereocenters. The molecule has 0 saturated carbocycles. The third-order valence-corrected chi connectivity index (χ3v) is 28.6. The molecule has 0 bridgehead atoms. The Bertz CT molecular complexity index is 9600. The van der Waals surface area contributed by atoms with Crippen LogP contribution in [0, 0.1) is 0 Å². The summed E-state index contributed by atoms with van der Waals surface area (Å²) in [6, 6.07) is 175. The minimum absolute atomic E-state index is 0.700. The monoisotopic (exact) mass is 1790 g/mol. The van der Waals surface area contributed by atoms with E-state index in [-0.39, 0.29) is 0 Å². The summed E-state index contributed by atoms with van der Waals surface area (Å²) in [7, 11) is 0. The molecule has 9 nitrogen and oxygen atoms in total. The second-order valence-corrected chi connectivity index (χ2v) is 36.5. The lowest BCUT2D eigenvalue weighted by Gasteiger charge is -2.16. The molecule has 141 heavy (non-hydrogen) atoms. The van der Waals surface area contributed by atoms with Gasteiger partial charge in [-0.05, 0) is 190 Å². The van der Waals surface area contributed by atoms with Gasteiger partial charge in [0.25, 0.3) is 0 Å². The number of rotatable bonds is 12. The first-order valence-corrected chi connectivity index (χ1v) is 48.0. The molecule has 21 aromatic carbocycles. The number of hydrogen-bond donors (Lipinski definition) is 0. The van der Waals surface area contributed by atoms with Crippen molar-refractivity contribution >= 4 is 97.7 Å². The predicted molar refractivity (Wildman–Crippen MR) is 584 cm³/mol. The molecule has 3 aliphatic rings. The summed E-state index contributed by atoms with van der Waals surface area (Å²) in [5.41, 5.74) is 40.5. The van der Waals surface area contributed by atoms with Crippen molar-refractivity contribution in [2.75, 3.05) is 0 Å². The number of hydrogen-bond acceptors (Lipinski definition) is 6. The van der Waals surface area contributed by atoms with Gasteiger partial charge < -0.3 is 13.7 Å². The first-order chi connectivity index (χ1) is 70.0. The summed E-state index contributed by atoms with van der Waals surface area (Å²) in [4.78, 5) is 30.7. The summed E-state index contributed by atoms with van der Waals surface area (Å²) in [6.07, 6.45) is 0. The van der Waals surface area contributed by atoms with Crippen LogP contribution in [0.1, 0.15) is 0 Å². The number of nitrogens with zero attached hydrogens (tertiary/aromatic N) is 9. The number of aromatic nitrogens is 9. The molecule has 3 aliphatic carbocycles. The normalized spacial score (nSPS) is 11.8. The average Bonchev–Trinajstić information content (AvgIpc) is 1.55. The Balaban J connectivity index is 0.000000104. The van der Waals surface area contributed by atoms with Crippen LogP contribution in [0.3, 0.4) is 0 Å². The summed E-state index contributed by atoms with van der Waals surface area (Å²) in [5, 5.41) is 15.5. The maximum atomic E-state index is 5.23. The molecule has 30 rings (SSSR count). The van der Waals surface area contributed by atoms with Gasteiger partial charge in [0.15, 0.2) is 17.5 Å². The zero-order valence-electron chi connectivity index (χ0n) is 76.3. The Morgan fingerprint density at radius 3 is 0.738 bits per heavy atom. The Hall–Kier alpha value is -19.0. The maximum Gasteiger partial charge on any atom is 0.162 e. The van der Waals surface area contributed by atoms with Crippen LogP contribution in [0.4, 0.5) is 0 Å². The highest BCUT2D eigenvalue weighted by molar-refractivity contribution is 6.34. The fourth-order valence-corrected chi connectivity index (χ4v) is 22.5. The molecule has 6 aromatic heterocycles. The van der Waals surface area contributed by atoms with Gasteiger partial charge in [-0.3, -0.25) is 0 Å². The molecular weight excluding hydrogens is 1710 g/mol. The second-order valence-electron chi connectivity index (χ2n) is 36.5. The van der Waals surface area contributed by atoms with Crippen molar-refractivity contribution in [3.63, 3.8) is 0 Å². The topological polar surface area (TPSA) is 92.1 Å². The first-order valence-electron chi connectivity index (χ1n) is 48.0. The van der Waals surface area contributed by atoms with Crippen molar-refractivity contribution in [1.82, 2.24) is 43.6 Å². The van der Waals surface area contributed by atoms with Crippen LogP contribution in [0.25, 0.3) is 283 Å². The van der Waals surface area contributed by atoms with E-state index in [1.54, 1.807) is 0 Å². The average molecular weight is 1790 g/mol. The molecule has 654 valence electrons. The van der Waals surface area contributed by atoms with Gasteiger partial charge in [0.05, 0.1) is 73.0 Å². The molecule has 0 atom stereocenters. The van der Waals surface area contributed by atoms with Gasteiger partial charge in [0.1, 0.15) is 0 Å². The molecule has 0 aliphatic heterocycles. The van der Waals surface area contributed by atoms with E-state index in [1.165, 1.54) is 164 Å². The van der Waals surface area contributed by atoms with Gasteiger partial charge in [-0.15, -0.1) is 0 Å². The quantitative estimate of drug-likeness (QED) is 0.121. The molecule has 6 heterocycles. The highest BCUT2D eigenvalue weighted by atomic mass is 15.0. The van der Waals surface area contributed by atoms with Crippen LogP contribution in [-0.2, 0) is 0 Å². The number of fused-ring (bicyclic) bond motifs is 9. The number of benzene rings is 21. The van der Waals surface area contributed by atoms with Crippen LogP contribution >= 0.6 is 0 Å². The van der Waals surface area contributed by atoms with Crippen molar-refractivity contribution in [3.8, 4) is 186 Å². The van der Waals surface area contributed by atoms with Gasteiger partial charge in [-0.1, -0.05) is 400 Å². The van der Waals surface area contributed by atoms with E-state index in [0.29, 0.717) is 11.6 Å². The lowest BCUT2D eigenvalue weighted by atomic mass is 9.93.